The van der Waals surface area contributed by atoms with Gasteiger partial charge in [-0.15, -0.1) is 0 Å². The number of benzene rings is 2. The van der Waals surface area contributed by atoms with Gasteiger partial charge in [-0.1, -0.05) is 36.2 Å². The monoisotopic (exact) mass is 478 g/mol. The molecule has 164 valence electrons. The molecule has 1 aliphatic heterocycles. The van der Waals surface area contributed by atoms with Gasteiger partial charge in [-0.25, -0.2) is 0 Å². The molecule has 2 N–H and O–H groups in total. The molecule has 2 amide bonds. The zero-order valence-corrected chi connectivity index (χ0v) is 19.5. The van der Waals surface area contributed by atoms with E-state index >= 15 is 0 Å². The Labute approximate surface area is 197 Å². The minimum absolute atomic E-state index is 0.164. The lowest BCUT2D eigenvalue weighted by Gasteiger charge is -2.36. The van der Waals surface area contributed by atoms with Crippen molar-refractivity contribution in [2.24, 2.45) is 0 Å². The van der Waals surface area contributed by atoms with E-state index in [1.165, 1.54) is 0 Å². The second kappa shape index (κ2) is 10.8. The molecule has 1 aliphatic rings. The molecule has 9 heteroatoms. The number of amides is 2. The van der Waals surface area contributed by atoms with Crippen LogP contribution in [0.2, 0.25) is 10.0 Å². The zero-order valence-electron chi connectivity index (χ0n) is 17.2. The molecule has 0 spiro atoms. The van der Waals surface area contributed by atoms with E-state index in [0.717, 1.165) is 44.0 Å². The minimum atomic E-state index is -0.433. The van der Waals surface area contributed by atoms with Gasteiger partial charge in [-0.05, 0) is 55.0 Å². The summed E-state index contributed by atoms with van der Waals surface area (Å²) in [5.74, 6) is -0.201. The Morgan fingerprint density at radius 3 is 2.35 bits per heavy atom. The van der Waals surface area contributed by atoms with E-state index in [-0.39, 0.29) is 21.6 Å². The second-order valence-corrected chi connectivity index (χ2v) is 8.37. The standard InChI is InChI=1S/C22H24Cl2N4O2S/c1-2-4-19(29)28-13-11-27(12-14-28)16-9-7-15(8-10-16)25-22(31)26-21(30)17-5-3-6-18(23)20(17)24/h3,5-10H,2,4,11-14H2,1H3,(H2,25,26,30,31). The van der Waals surface area contributed by atoms with Gasteiger partial charge >= 0.3 is 0 Å². The minimum Gasteiger partial charge on any atom is -0.368 e. The number of nitrogens with zero attached hydrogens (tertiary/aromatic N) is 2. The topological polar surface area (TPSA) is 64.7 Å². The van der Waals surface area contributed by atoms with Crippen molar-refractivity contribution in [3.05, 3.63) is 58.1 Å². The van der Waals surface area contributed by atoms with Crippen LogP contribution in [0.1, 0.15) is 30.1 Å². The van der Waals surface area contributed by atoms with Crippen molar-refractivity contribution in [2.75, 3.05) is 36.4 Å². The molecule has 0 unspecified atom stereocenters. The second-order valence-electron chi connectivity index (χ2n) is 7.17. The van der Waals surface area contributed by atoms with Gasteiger partial charge in [-0.3, -0.25) is 14.9 Å². The number of thiocarbonyl (C=S) groups is 1. The summed E-state index contributed by atoms with van der Waals surface area (Å²) in [6.07, 6.45) is 1.49. The van der Waals surface area contributed by atoms with Gasteiger partial charge in [0, 0.05) is 44.0 Å². The first-order chi connectivity index (χ1) is 14.9. The molecule has 1 saturated heterocycles. The maximum Gasteiger partial charge on any atom is 0.258 e. The van der Waals surface area contributed by atoms with Crippen LogP contribution in [0.15, 0.2) is 42.5 Å². The zero-order chi connectivity index (χ0) is 22.4. The first kappa shape index (κ1) is 23.3. The summed E-state index contributed by atoms with van der Waals surface area (Å²) >= 11 is 17.3. The predicted molar refractivity (Wildman–Crippen MR) is 130 cm³/mol. The van der Waals surface area contributed by atoms with Crippen LogP contribution in [0.25, 0.3) is 0 Å². The number of nitrogens with one attached hydrogen (secondary N) is 2. The SMILES string of the molecule is CCCC(=O)N1CCN(c2ccc(NC(=S)NC(=O)c3cccc(Cl)c3Cl)cc2)CC1. The van der Waals surface area contributed by atoms with Crippen molar-refractivity contribution in [3.63, 3.8) is 0 Å². The first-order valence-corrected chi connectivity index (χ1v) is 11.2. The summed E-state index contributed by atoms with van der Waals surface area (Å²) < 4.78 is 0. The fourth-order valence-corrected chi connectivity index (χ4v) is 3.95. The van der Waals surface area contributed by atoms with E-state index in [9.17, 15) is 9.59 Å². The maximum absolute atomic E-state index is 12.4. The van der Waals surface area contributed by atoms with Gasteiger partial charge in [0.2, 0.25) is 5.91 Å². The highest BCUT2D eigenvalue weighted by atomic mass is 35.5. The Hall–Kier alpha value is -2.35. The molecule has 0 atom stereocenters. The lowest BCUT2D eigenvalue weighted by molar-refractivity contribution is -0.131. The summed E-state index contributed by atoms with van der Waals surface area (Å²) in [6, 6.07) is 12.6. The molecule has 1 heterocycles. The Kier molecular flexibility index (Phi) is 8.12. The molecular weight excluding hydrogens is 455 g/mol. The van der Waals surface area contributed by atoms with Gasteiger partial charge in [-0.2, -0.15) is 0 Å². The third-order valence-electron chi connectivity index (χ3n) is 5.01. The van der Waals surface area contributed by atoms with Crippen LogP contribution in [0, 0.1) is 0 Å². The molecule has 0 aliphatic carbocycles. The fourth-order valence-electron chi connectivity index (χ4n) is 3.35. The average molecular weight is 479 g/mol. The molecule has 0 radical (unpaired) electrons. The molecule has 2 aromatic rings. The molecule has 0 bridgehead atoms. The summed E-state index contributed by atoms with van der Waals surface area (Å²) in [5, 5.41) is 6.26. The van der Waals surface area contributed by atoms with Crippen molar-refractivity contribution >= 4 is 63.7 Å². The molecule has 0 saturated carbocycles. The van der Waals surface area contributed by atoms with E-state index in [0.29, 0.717) is 11.4 Å². The van der Waals surface area contributed by atoms with Gasteiger partial charge in [0.1, 0.15) is 0 Å². The summed E-state index contributed by atoms with van der Waals surface area (Å²) in [6.45, 7) is 5.10. The Balaban J connectivity index is 1.52. The third-order valence-corrected chi connectivity index (χ3v) is 6.03. The van der Waals surface area contributed by atoms with E-state index in [2.05, 4.69) is 15.5 Å². The summed E-state index contributed by atoms with van der Waals surface area (Å²) in [5.41, 5.74) is 2.09. The number of rotatable bonds is 5. The van der Waals surface area contributed by atoms with Crippen LogP contribution in [-0.4, -0.2) is 48.0 Å². The molecule has 2 aromatic carbocycles. The highest BCUT2D eigenvalue weighted by Gasteiger charge is 2.20. The van der Waals surface area contributed by atoms with Gasteiger partial charge in [0.05, 0.1) is 15.6 Å². The smallest absolute Gasteiger partial charge is 0.258 e. The molecule has 31 heavy (non-hydrogen) atoms. The molecule has 1 fully saturated rings. The van der Waals surface area contributed by atoms with E-state index in [4.69, 9.17) is 35.4 Å². The highest BCUT2D eigenvalue weighted by molar-refractivity contribution is 7.80. The first-order valence-electron chi connectivity index (χ1n) is 10.1. The van der Waals surface area contributed by atoms with Gasteiger partial charge in [0.25, 0.3) is 5.91 Å². The molecule has 6 nitrogen and oxygen atoms in total. The van der Waals surface area contributed by atoms with Crippen LogP contribution in [-0.2, 0) is 4.79 Å². The van der Waals surface area contributed by atoms with Gasteiger partial charge in [0.15, 0.2) is 5.11 Å². The predicted octanol–water partition coefficient (Wildman–Crippen LogP) is 4.57. The molecular formula is C22H24Cl2N4O2S. The van der Waals surface area contributed by atoms with Crippen molar-refractivity contribution in [3.8, 4) is 0 Å². The third kappa shape index (κ3) is 6.09. The average Bonchev–Trinajstić information content (AvgIpc) is 2.76. The Morgan fingerprint density at radius 1 is 1.03 bits per heavy atom. The number of piperazine rings is 1. The largest absolute Gasteiger partial charge is 0.368 e. The summed E-state index contributed by atoms with van der Waals surface area (Å²) in [7, 11) is 0. The highest BCUT2D eigenvalue weighted by Crippen LogP contribution is 2.25. The number of carbonyl (C=O) groups is 2. The number of halogens is 2. The number of carbonyl (C=O) groups excluding carboxylic acids is 2. The molecule has 3 rings (SSSR count). The van der Waals surface area contributed by atoms with E-state index < -0.39 is 5.91 Å². The van der Waals surface area contributed by atoms with Crippen LogP contribution >= 0.6 is 35.4 Å². The van der Waals surface area contributed by atoms with Gasteiger partial charge < -0.3 is 15.1 Å². The van der Waals surface area contributed by atoms with Crippen molar-refractivity contribution < 1.29 is 9.59 Å². The Morgan fingerprint density at radius 2 is 1.71 bits per heavy atom. The summed E-state index contributed by atoms with van der Waals surface area (Å²) in [4.78, 5) is 28.6. The van der Waals surface area contributed by atoms with Crippen LogP contribution in [0.5, 0.6) is 0 Å². The maximum atomic E-state index is 12.4. The lowest BCUT2D eigenvalue weighted by Crippen LogP contribution is -2.48. The van der Waals surface area contributed by atoms with E-state index in [1.54, 1.807) is 18.2 Å². The Bertz CT molecular complexity index is 960. The van der Waals surface area contributed by atoms with E-state index in [1.807, 2.05) is 36.1 Å². The lowest BCUT2D eigenvalue weighted by atomic mass is 10.2. The van der Waals surface area contributed by atoms with Crippen LogP contribution in [0.4, 0.5) is 11.4 Å². The normalized spacial score (nSPS) is 13.6. The van der Waals surface area contributed by atoms with Crippen LogP contribution in [0.3, 0.4) is 0 Å². The quantitative estimate of drug-likeness (QED) is 0.616. The van der Waals surface area contributed by atoms with Crippen molar-refractivity contribution in [1.82, 2.24) is 10.2 Å². The van der Waals surface area contributed by atoms with Crippen molar-refractivity contribution in [2.45, 2.75) is 19.8 Å². The fraction of sp³-hybridized carbons (Fsp3) is 0.318. The number of hydrogen-bond donors (Lipinski definition) is 2. The number of hydrogen-bond acceptors (Lipinski definition) is 4. The van der Waals surface area contributed by atoms with Crippen molar-refractivity contribution in [1.29, 1.82) is 0 Å². The molecule has 0 aromatic heterocycles. The van der Waals surface area contributed by atoms with Crippen LogP contribution < -0.4 is 15.5 Å². The number of anilines is 2.